The number of fused-ring (bicyclic) bond motifs is 3. The second kappa shape index (κ2) is 8.54. The summed E-state index contributed by atoms with van der Waals surface area (Å²) in [5, 5.41) is 11.7. The molecule has 1 unspecified atom stereocenters. The Morgan fingerprint density at radius 2 is 1.67 bits per heavy atom. The van der Waals surface area contributed by atoms with E-state index in [-0.39, 0.29) is 18.9 Å². The zero-order valence-corrected chi connectivity index (χ0v) is 15.2. The predicted molar refractivity (Wildman–Crippen MR) is 104 cm³/mol. The van der Waals surface area contributed by atoms with Crippen LogP contribution in [0.2, 0.25) is 0 Å². The Kier molecular flexibility index (Phi) is 5.91. The number of carbonyl (C=O) groups excluding carboxylic acids is 1. The van der Waals surface area contributed by atoms with Gasteiger partial charge in [0.15, 0.2) is 0 Å². The van der Waals surface area contributed by atoms with E-state index in [0.717, 1.165) is 28.7 Å². The molecule has 0 fully saturated rings. The van der Waals surface area contributed by atoms with Gasteiger partial charge in [-0.1, -0.05) is 67.6 Å². The first kappa shape index (κ1) is 18.7. The minimum absolute atomic E-state index is 0.0496. The predicted octanol–water partition coefficient (Wildman–Crippen LogP) is 4.33. The van der Waals surface area contributed by atoms with Crippen LogP contribution in [0.1, 0.15) is 36.8 Å². The maximum absolute atomic E-state index is 12.2. The van der Waals surface area contributed by atoms with Crippen LogP contribution in [0.4, 0.5) is 4.79 Å². The third-order valence-corrected chi connectivity index (χ3v) is 4.71. The van der Waals surface area contributed by atoms with Crippen LogP contribution in [0, 0.1) is 0 Å². The third kappa shape index (κ3) is 4.19. The highest BCUT2D eigenvalue weighted by Gasteiger charge is 2.29. The maximum atomic E-state index is 12.2. The van der Waals surface area contributed by atoms with Gasteiger partial charge >= 0.3 is 12.1 Å². The normalized spacial score (nSPS) is 13.8. The van der Waals surface area contributed by atoms with Crippen molar-refractivity contribution in [1.29, 1.82) is 0 Å². The molecular weight excluding hydrogens is 342 g/mol. The average Bonchev–Trinajstić information content (AvgIpc) is 2.99. The molecule has 2 aromatic carbocycles. The van der Waals surface area contributed by atoms with Gasteiger partial charge in [0.2, 0.25) is 0 Å². The summed E-state index contributed by atoms with van der Waals surface area (Å²) in [6.45, 7) is 2.13. The molecule has 27 heavy (non-hydrogen) atoms. The van der Waals surface area contributed by atoms with E-state index < -0.39 is 18.1 Å². The van der Waals surface area contributed by atoms with E-state index in [1.807, 2.05) is 49.4 Å². The van der Waals surface area contributed by atoms with Crippen molar-refractivity contribution in [2.24, 2.45) is 0 Å². The number of alkyl carbamates (subject to hydrolysis) is 1. The van der Waals surface area contributed by atoms with Crippen LogP contribution < -0.4 is 5.32 Å². The third-order valence-electron chi connectivity index (χ3n) is 4.71. The summed E-state index contributed by atoms with van der Waals surface area (Å²) >= 11 is 0. The van der Waals surface area contributed by atoms with Crippen LogP contribution in [-0.4, -0.2) is 29.8 Å². The summed E-state index contributed by atoms with van der Waals surface area (Å²) in [5.41, 5.74) is 4.53. The highest BCUT2D eigenvalue weighted by atomic mass is 16.5. The number of carboxylic acids is 1. The van der Waals surface area contributed by atoms with Crippen molar-refractivity contribution in [1.82, 2.24) is 5.32 Å². The van der Waals surface area contributed by atoms with Crippen molar-refractivity contribution in [3.8, 4) is 11.1 Å². The molecule has 0 heterocycles. The maximum Gasteiger partial charge on any atom is 0.407 e. The number of ether oxygens (including phenoxy) is 1. The van der Waals surface area contributed by atoms with E-state index in [1.54, 1.807) is 6.08 Å². The van der Waals surface area contributed by atoms with E-state index in [9.17, 15) is 14.7 Å². The molecule has 2 aromatic rings. The monoisotopic (exact) mass is 365 g/mol. The first-order chi connectivity index (χ1) is 13.1. The first-order valence-corrected chi connectivity index (χ1v) is 9.11. The summed E-state index contributed by atoms with van der Waals surface area (Å²) in [4.78, 5) is 23.5. The van der Waals surface area contributed by atoms with E-state index in [0.29, 0.717) is 0 Å². The van der Waals surface area contributed by atoms with Crippen LogP contribution in [-0.2, 0) is 9.53 Å². The van der Waals surface area contributed by atoms with Gasteiger partial charge in [0, 0.05) is 5.92 Å². The average molecular weight is 365 g/mol. The second-order valence-corrected chi connectivity index (χ2v) is 6.48. The van der Waals surface area contributed by atoms with Gasteiger partial charge in [0.25, 0.3) is 0 Å². The molecule has 1 aliphatic rings. The Bertz CT molecular complexity index is 813. The quantitative estimate of drug-likeness (QED) is 0.716. The van der Waals surface area contributed by atoms with E-state index >= 15 is 0 Å². The molecule has 0 radical (unpaired) electrons. The molecule has 0 saturated heterocycles. The molecular formula is C22H23NO4. The van der Waals surface area contributed by atoms with Gasteiger partial charge in [0.05, 0.1) is 0 Å². The van der Waals surface area contributed by atoms with Crippen LogP contribution in [0.25, 0.3) is 11.1 Å². The van der Waals surface area contributed by atoms with Crippen LogP contribution in [0.15, 0.2) is 60.7 Å². The minimum atomic E-state index is -1.08. The highest BCUT2D eigenvalue weighted by molar-refractivity contribution is 5.81. The number of hydrogen-bond acceptors (Lipinski definition) is 3. The molecule has 2 N–H and O–H groups in total. The van der Waals surface area contributed by atoms with Gasteiger partial charge in [-0.15, -0.1) is 0 Å². The number of aliphatic carboxylic acids is 1. The smallest absolute Gasteiger partial charge is 0.407 e. The lowest BCUT2D eigenvalue weighted by Crippen LogP contribution is -2.41. The molecule has 1 aliphatic carbocycles. The number of nitrogens with one attached hydrogen (secondary N) is 1. The SMILES string of the molecule is CC/C=C/CC(NC(=O)OCC1c2ccccc2-c2ccccc21)C(=O)O. The van der Waals surface area contributed by atoms with Gasteiger partial charge in [0.1, 0.15) is 12.6 Å². The van der Waals surface area contributed by atoms with Gasteiger partial charge in [-0.2, -0.15) is 0 Å². The lowest BCUT2D eigenvalue weighted by molar-refractivity contribution is -0.139. The summed E-state index contributed by atoms with van der Waals surface area (Å²) < 4.78 is 5.39. The van der Waals surface area contributed by atoms with Crippen molar-refractivity contribution in [3.05, 3.63) is 71.8 Å². The van der Waals surface area contributed by atoms with E-state index in [4.69, 9.17) is 4.74 Å². The molecule has 1 amide bonds. The Labute approximate surface area is 158 Å². The van der Waals surface area contributed by atoms with Crippen LogP contribution in [0.5, 0.6) is 0 Å². The van der Waals surface area contributed by atoms with E-state index in [2.05, 4.69) is 17.4 Å². The number of hydrogen-bond donors (Lipinski definition) is 2. The van der Waals surface area contributed by atoms with Gasteiger partial charge in [-0.3, -0.25) is 0 Å². The summed E-state index contributed by atoms with van der Waals surface area (Å²) in [7, 11) is 0. The summed E-state index contributed by atoms with van der Waals surface area (Å²) in [5.74, 6) is -1.13. The van der Waals surface area contributed by atoms with Gasteiger partial charge in [-0.05, 0) is 35.1 Å². The molecule has 3 rings (SSSR count). The number of carboxylic acid groups (broad SMARTS) is 1. The fraction of sp³-hybridized carbons (Fsp3) is 0.273. The minimum Gasteiger partial charge on any atom is -0.480 e. The van der Waals surface area contributed by atoms with Crippen molar-refractivity contribution in [3.63, 3.8) is 0 Å². The fourth-order valence-electron chi connectivity index (χ4n) is 3.40. The Morgan fingerprint density at radius 1 is 1.07 bits per heavy atom. The molecule has 140 valence electrons. The van der Waals surface area contributed by atoms with Crippen LogP contribution in [0.3, 0.4) is 0 Å². The molecule has 5 nitrogen and oxygen atoms in total. The van der Waals surface area contributed by atoms with Crippen molar-refractivity contribution in [2.75, 3.05) is 6.61 Å². The number of amides is 1. The second-order valence-electron chi connectivity index (χ2n) is 6.48. The molecule has 0 aliphatic heterocycles. The molecule has 5 heteroatoms. The highest BCUT2D eigenvalue weighted by Crippen LogP contribution is 2.44. The van der Waals surface area contributed by atoms with E-state index in [1.165, 1.54) is 0 Å². The van der Waals surface area contributed by atoms with Gasteiger partial charge in [-0.25, -0.2) is 9.59 Å². The van der Waals surface area contributed by atoms with Crippen LogP contribution >= 0.6 is 0 Å². The fourth-order valence-corrected chi connectivity index (χ4v) is 3.40. The zero-order valence-electron chi connectivity index (χ0n) is 15.2. The lowest BCUT2D eigenvalue weighted by atomic mass is 9.98. The Morgan fingerprint density at radius 3 is 2.22 bits per heavy atom. The molecule has 0 aromatic heterocycles. The molecule has 1 atom stereocenters. The van der Waals surface area contributed by atoms with Gasteiger partial charge < -0.3 is 15.2 Å². The lowest BCUT2D eigenvalue weighted by Gasteiger charge is -2.16. The number of rotatable bonds is 7. The van der Waals surface area contributed by atoms with Crippen molar-refractivity contribution >= 4 is 12.1 Å². The Balaban J connectivity index is 1.67. The largest absolute Gasteiger partial charge is 0.480 e. The molecule has 0 spiro atoms. The van der Waals surface area contributed by atoms with Crippen molar-refractivity contribution < 1.29 is 19.4 Å². The summed E-state index contributed by atoms with van der Waals surface area (Å²) in [6, 6.07) is 15.1. The molecule has 0 bridgehead atoms. The topological polar surface area (TPSA) is 75.6 Å². The van der Waals surface area contributed by atoms with Crippen molar-refractivity contribution in [2.45, 2.75) is 31.7 Å². The molecule has 0 saturated carbocycles. The number of carbonyl (C=O) groups is 2. The number of benzene rings is 2. The zero-order chi connectivity index (χ0) is 19.2. The number of allylic oxidation sites excluding steroid dienone is 1. The Hall–Kier alpha value is -3.08. The first-order valence-electron chi connectivity index (χ1n) is 9.11. The standard InChI is InChI=1S/C22H23NO4/c1-2-3-4-13-20(21(24)25)23-22(26)27-14-19-17-11-7-5-9-15(17)16-10-6-8-12-18(16)19/h3-12,19-20H,2,13-14H2,1H3,(H,23,26)(H,24,25)/b4-3+. The summed E-state index contributed by atoms with van der Waals surface area (Å²) in [6.07, 6.45) is 3.96.